The van der Waals surface area contributed by atoms with Gasteiger partial charge in [-0.1, -0.05) is 355 Å². The lowest BCUT2D eigenvalue weighted by molar-refractivity contribution is 0.0910. The van der Waals surface area contributed by atoms with Crippen molar-refractivity contribution in [2.24, 2.45) is 0 Å². The lowest BCUT2D eigenvalue weighted by atomic mass is 9.99. The Morgan fingerprint density at radius 3 is 0.650 bits per heavy atom. The highest BCUT2D eigenvalue weighted by Crippen LogP contribution is 2.47. The Balaban J connectivity index is 0.000000116. The maximum atomic E-state index is 14.5. The van der Waals surface area contributed by atoms with E-state index < -0.39 is 0 Å². The number of carbonyl (C=O) groups is 6. The van der Waals surface area contributed by atoms with Gasteiger partial charge in [0.25, 0.3) is 35.4 Å². The van der Waals surface area contributed by atoms with Crippen LogP contribution in [-0.2, 0) is 0 Å². The number of aryl methyl sites for hydroxylation is 5. The van der Waals surface area contributed by atoms with Crippen molar-refractivity contribution in [2.45, 2.75) is 34.6 Å². The van der Waals surface area contributed by atoms with Gasteiger partial charge in [-0.25, -0.2) is 14.7 Å². The minimum Gasteiger partial charge on any atom is -0.308 e. The molecule has 143 heavy (non-hydrogen) atoms. The molecule has 0 spiro atoms. The summed E-state index contributed by atoms with van der Waals surface area (Å²) in [4.78, 5) is 88.6. The topological polar surface area (TPSA) is 127 Å². The van der Waals surface area contributed by atoms with E-state index in [4.69, 9.17) is 0 Å². The summed E-state index contributed by atoms with van der Waals surface area (Å²) in [6.07, 6.45) is 0. The van der Waals surface area contributed by atoms with Crippen molar-refractivity contribution >= 4 is 118 Å². The van der Waals surface area contributed by atoms with Crippen LogP contribution in [0, 0.1) is 34.6 Å². The normalized spacial score (nSPS) is 12.7. The number of benzene rings is 20. The zero-order valence-electron chi connectivity index (χ0n) is 78.9. The minimum absolute atomic E-state index is 0.309. The molecule has 0 aliphatic carbocycles. The summed E-state index contributed by atoms with van der Waals surface area (Å²) in [7, 11) is 0. The number of imide groups is 3. The fourth-order valence-corrected chi connectivity index (χ4v) is 20.8. The molecule has 12 heteroatoms. The maximum Gasteiger partial charge on any atom is 0.268 e. The van der Waals surface area contributed by atoms with Gasteiger partial charge in [-0.15, -0.1) is 0 Å². The number of fused-ring (bicyclic) bond motifs is 12. The second kappa shape index (κ2) is 35.7. The fraction of sp³-hybridized carbons (Fsp3) is 0.0382. The van der Waals surface area contributed by atoms with E-state index in [0.29, 0.717) is 67.5 Å². The van der Waals surface area contributed by atoms with Crippen molar-refractivity contribution in [2.75, 3.05) is 14.7 Å². The lowest BCUT2D eigenvalue weighted by Gasteiger charge is -2.15. The third kappa shape index (κ3) is 15.4. The molecular weight excluding hydrogens is 1750 g/mol. The number of aromatic nitrogens is 3. The van der Waals surface area contributed by atoms with Crippen LogP contribution in [0.15, 0.2) is 455 Å². The minimum atomic E-state index is -0.326. The first-order valence-electron chi connectivity index (χ1n) is 48.1. The van der Waals surface area contributed by atoms with E-state index in [-0.39, 0.29) is 35.4 Å². The third-order valence-corrected chi connectivity index (χ3v) is 28.2. The molecule has 3 aliphatic heterocycles. The average Bonchev–Trinajstić information content (AvgIpc) is 1.56. The number of para-hydroxylation sites is 1. The highest BCUT2D eigenvalue weighted by Gasteiger charge is 2.43. The van der Waals surface area contributed by atoms with E-state index in [1.807, 2.05) is 212 Å². The molecule has 3 aliphatic rings. The zero-order valence-corrected chi connectivity index (χ0v) is 78.9. The number of hydrogen-bond acceptors (Lipinski definition) is 6. The summed E-state index contributed by atoms with van der Waals surface area (Å²) >= 11 is 0. The smallest absolute Gasteiger partial charge is 0.268 e. The standard InChI is InChI=1S/2C46H32N2O2.C39H26N2O2/c1-29-11-15-33(16-12-29)35-21-25-38-39-26-22-36(34-17-13-30(2)14-18-34)28-43(39)48(42(38)27-35)41-10-6-9-40-44(41)46(50)47(45(40)49)37-23-19-32(20-24-37)31-7-4-3-5-8-31;1-29-11-15-33(16-12-29)35-21-25-41-39(27-35)40-28-36(34-17-13-30(2)14-18-34)22-26-42(40)48(41)43-10-6-9-38-44(43)46(50)47(45(38)49)37-23-19-32(20-24-37)31-7-4-3-5-8-31;1-25-14-16-28(17-15-25)29-20-23-35-33(24-29)31-10-5-6-12-34(31)41(35)36-13-7-11-32-37(36)39(43)40(38(32)42)30-21-18-27(19-22-30)26-8-3-2-4-9-26/h2*3-28H,1-2H3;2-24H,1H3. The van der Waals surface area contributed by atoms with Gasteiger partial charge < -0.3 is 13.7 Å². The van der Waals surface area contributed by atoms with E-state index in [0.717, 1.165) is 154 Å². The van der Waals surface area contributed by atoms with E-state index >= 15 is 0 Å². The van der Waals surface area contributed by atoms with Crippen molar-refractivity contribution in [3.8, 4) is 106 Å². The number of anilines is 3. The summed E-state index contributed by atoms with van der Waals surface area (Å²) < 4.78 is 6.44. The highest BCUT2D eigenvalue weighted by molar-refractivity contribution is 6.38. The summed E-state index contributed by atoms with van der Waals surface area (Å²) in [5, 5.41) is 6.50. The van der Waals surface area contributed by atoms with Crippen LogP contribution in [0.2, 0.25) is 0 Å². The van der Waals surface area contributed by atoms with Gasteiger partial charge >= 0.3 is 0 Å². The molecule has 26 rings (SSSR count). The van der Waals surface area contributed by atoms with Crippen LogP contribution in [-0.4, -0.2) is 49.1 Å². The molecule has 12 nitrogen and oxygen atoms in total. The second-order valence-corrected chi connectivity index (χ2v) is 37.2. The molecule has 0 bridgehead atoms. The van der Waals surface area contributed by atoms with Crippen molar-refractivity contribution in [3.05, 3.63) is 516 Å². The van der Waals surface area contributed by atoms with Crippen molar-refractivity contribution in [1.29, 1.82) is 0 Å². The van der Waals surface area contributed by atoms with Gasteiger partial charge in [-0.3, -0.25) is 28.8 Å². The van der Waals surface area contributed by atoms with Gasteiger partial charge in [0.05, 0.1) is 101 Å². The number of rotatable bonds is 14. The van der Waals surface area contributed by atoms with Gasteiger partial charge in [-0.05, 0) is 251 Å². The zero-order chi connectivity index (χ0) is 96.9. The molecule has 0 saturated heterocycles. The predicted molar refractivity (Wildman–Crippen MR) is 582 cm³/mol. The van der Waals surface area contributed by atoms with Crippen LogP contribution in [0.3, 0.4) is 0 Å². The van der Waals surface area contributed by atoms with E-state index in [9.17, 15) is 28.8 Å². The molecule has 0 N–H and O–H groups in total. The van der Waals surface area contributed by atoms with Crippen molar-refractivity contribution in [3.63, 3.8) is 0 Å². The van der Waals surface area contributed by atoms with Crippen molar-refractivity contribution < 1.29 is 28.8 Å². The quantitative estimate of drug-likeness (QED) is 0.0998. The largest absolute Gasteiger partial charge is 0.308 e. The SMILES string of the molecule is Cc1ccc(-c2ccc3c(c2)c2cc(-c4ccc(C)cc4)ccc2n3-c2cccc3c2C(=O)N(c2ccc(-c4ccccc4)cc2)C3=O)cc1.Cc1ccc(-c2ccc3c(c2)c2ccccc2n3-c2cccc3c2C(=O)N(c2ccc(-c4ccccc4)cc2)C3=O)cc1.Cc1ccc(-c2ccc3c4ccc(-c5ccc(C)cc5)cc4n(-c4cccc5c4C(=O)N(c4ccc(-c6ccccc6)cc4)C5=O)c3c2)cc1. The first kappa shape index (κ1) is 87.0. The predicted octanol–water partition coefficient (Wildman–Crippen LogP) is 31.6. The Labute approximate surface area is 826 Å². The number of carbonyl (C=O) groups excluding carboxylic acids is 6. The third-order valence-electron chi connectivity index (χ3n) is 28.2. The van der Waals surface area contributed by atoms with Crippen LogP contribution < -0.4 is 14.7 Å². The summed E-state index contributed by atoms with van der Waals surface area (Å²) in [5.41, 5.74) is 35.6. The lowest BCUT2D eigenvalue weighted by Crippen LogP contribution is -2.29. The molecule has 0 unspecified atom stereocenters. The first-order chi connectivity index (χ1) is 70.0. The Morgan fingerprint density at radius 2 is 0.357 bits per heavy atom. The number of hydrogen-bond donors (Lipinski definition) is 0. The van der Waals surface area contributed by atoms with Crippen LogP contribution in [0.5, 0.6) is 0 Å². The molecule has 3 aromatic heterocycles. The number of nitrogens with zero attached hydrogens (tertiary/aromatic N) is 6. The first-order valence-corrected chi connectivity index (χ1v) is 48.1. The van der Waals surface area contributed by atoms with Crippen LogP contribution in [0.4, 0.5) is 17.1 Å². The van der Waals surface area contributed by atoms with E-state index in [1.54, 1.807) is 18.2 Å². The fourth-order valence-electron chi connectivity index (χ4n) is 20.8. The average molecular weight is 1840 g/mol. The molecule has 680 valence electrons. The van der Waals surface area contributed by atoms with Crippen LogP contribution in [0.25, 0.3) is 171 Å². The molecule has 20 aromatic carbocycles. The van der Waals surface area contributed by atoms with Gasteiger partial charge in [0.1, 0.15) is 0 Å². The molecule has 6 amide bonds. The van der Waals surface area contributed by atoms with Crippen LogP contribution >= 0.6 is 0 Å². The Hall–Kier alpha value is -18.8. The summed E-state index contributed by atoms with van der Waals surface area (Å²) in [6, 6.07) is 153. The monoisotopic (exact) mass is 1840 g/mol. The van der Waals surface area contributed by atoms with Gasteiger partial charge in [-0.2, -0.15) is 0 Å². The Morgan fingerprint density at radius 1 is 0.147 bits per heavy atom. The van der Waals surface area contributed by atoms with Crippen molar-refractivity contribution in [1.82, 2.24) is 13.7 Å². The summed E-state index contributed by atoms with van der Waals surface area (Å²) in [5.74, 6) is -1.91. The molecule has 23 aromatic rings. The molecular formula is C131H90N6O6. The van der Waals surface area contributed by atoms with E-state index in [1.165, 1.54) is 42.5 Å². The van der Waals surface area contributed by atoms with Gasteiger partial charge in [0.2, 0.25) is 0 Å². The molecule has 0 fully saturated rings. The molecule has 0 radical (unpaired) electrons. The van der Waals surface area contributed by atoms with Crippen LogP contribution in [0.1, 0.15) is 90.0 Å². The molecule has 0 saturated carbocycles. The van der Waals surface area contributed by atoms with Gasteiger partial charge in [0, 0.05) is 32.3 Å². The highest BCUT2D eigenvalue weighted by atomic mass is 16.2. The Kier molecular flexibility index (Phi) is 21.7. The molecule has 0 atom stereocenters. The summed E-state index contributed by atoms with van der Waals surface area (Å²) in [6.45, 7) is 10.5. The maximum absolute atomic E-state index is 14.5. The number of amides is 6. The Bertz CT molecular complexity index is 8920. The van der Waals surface area contributed by atoms with E-state index in [2.05, 4.69) is 273 Å². The second-order valence-electron chi connectivity index (χ2n) is 37.2. The van der Waals surface area contributed by atoms with Gasteiger partial charge in [0.15, 0.2) is 0 Å². The molecule has 6 heterocycles.